The number of fused-ring (bicyclic) bond motifs is 1. The fourth-order valence-electron chi connectivity index (χ4n) is 4.41. The van der Waals surface area contributed by atoms with E-state index in [0.29, 0.717) is 5.69 Å². The van der Waals surface area contributed by atoms with Crippen LogP contribution in [0.25, 0.3) is 0 Å². The number of nitrogens with zero attached hydrogens (tertiary/aromatic N) is 1. The number of benzene rings is 1. The summed E-state index contributed by atoms with van der Waals surface area (Å²) in [5.74, 6) is -0.314. The standard InChI is InChI=1S/C21H27N3O3/c1-13-5-4-6-15(11-13)22-19(25)12-18-20(26)23-16-7-2-3-8-17(16)24(18)21(27)14-9-10-14/h4-6,11,14,16-18H,2-3,7-10,12H2,1H3,(H,22,25)(H,23,26)/t16-,17+,18-/m1/s1. The maximum absolute atomic E-state index is 13.0. The van der Waals surface area contributed by atoms with E-state index in [4.69, 9.17) is 0 Å². The molecule has 6 heteroatoms. The Balaban J connectivity index is 1.52. The van der Waals surface area contributed by atoms with E-state index in [1.165, 1.54) is 0 Å². The molecule has 2 saturated carbocycles. The number of amides is 3. The van der Waals surface area contributed by atoms with Gasteiger partial charge in [0.05, 0.1) is 12.5 Å². The van der Waals surface area contributed by atoms with Crippen molar-refractivity contribution in [2.24, 2.45) is 5.92 Å². The highest BCUT2D eigenvalue weighted by Gasteiger charge is 2.48. The van der Waals surface area contributed by atoms with Gasteiger partial charge in [0.1, 0.15) is 6.04 Å². The molecule has 1 aliphatic heterocycles. The second-order valence-corrected chi connectivity index (χ2v) is 8.12. The van der Waals surface area contributed by atoms with Crippen LogP contribution in [0.2, 0.25) is 0 Å². The molecule has 0 unspecified atom stereocenters. The van der Waals surface area contributed by atoms with Gasteiger partial charge in [-0.15, -0.1) is 0 Å². The first kappa shape index (κ1) is 18.0. The predicted octanol–water partition coefficient (Wildman–Crippen LogP) is 2.37. The summed E-state index contributed by atoms with van der Waals surface area (Å²) in [6.45, 7) is 1.96. The van der Waals surface area contributed by atoms with E-state index < -0.39 is 6.04 Å². The van der Waals surface area contributed by atoms with E-state index in [-0.39, 0.29) is 42.1 Å². The number of anilines is 1. The average Bonchev–Trinajstić information content (AvgIpc) is 3.47. The Hall–Kier alpha value is -2.37. The number of hydrogen-bond donors (Lipinski definition) is 2. The largest absolute Gasteiger partial charge is 0.349 e. The van der Waals surface area contributed by atoms with Crippen LogP contribution in [0, 0.1) is 12.8 Å². The zero-order valence-corrected chi connectivity index (χ0v) is 15.7. The summed E-state index contributed by atoms with van der Waals surface area (Å²) in [4.78, 5) is 40.1. The zero-order valence-electron chi connectivity index (χ0n) is 15.7. The van der Waals surface area contributed by atoms with Crippen LogP contribution in [0.5, 0.6) is 0 Å². The molecule has 4 rings (SSSR count). The van der Waals surface area contributed by atoms with Gasteiger partial charge in [0.25, 0.3) is 0 Å². The number of rotatable bonds is 4. The Labute approximate surface area is 159 Å². The van der Waals surface area contributed by atoms with Crippen molar-refractivity contribution in [1.29, 1.82) is 0 Å². The van der Waals surface area contributed by atoms with Gasteiger partial charge in [-0.3, -0.25) is 14.4 Å². The van der Waals surface area contributed by atoms with Gasteiger partial charge in [-0.1, -0.05) is 25.0 Å². The van der Waals surface area contributed by atoms with Crippen LogP contribution < -0.4 is 10.6 Å². The Morgan fingerprint density at radius 2 is 1.96 bits per heavy atom. The summed E-state index contributed by atoms with van der Waals surface area (Å²) in [6.07, 6.45) is 5.75. The number of hydrogen-bond acceptors (Lipinski definition) is 3. The third kappa shape index (κ3) is 3.84. The Kier molecular flexibility index (Phi) is 4.89. The van der Waals surface area contributed by atoms with Gasteiger partial charge < -0.3 is 15.5 Å². The van der Waals surface area contributed by atoms with Crippen molar-refractivity contribution in [3.8, 4) is 0 Å². The quantitative estimate of drug-likeness (QED) is 0.855. The molecule has 2 N–H and O–H groups in total. The Morgan fingerprint density at radius 1 is 1.19 bits per heavy atom. The SMILES string of the molecule is Cc1cccc(NC(=O)C[C@@H]2C(=O)N[C@@H]3CCCC[C@@H]3N2C(=O)C2CC2)c1. The van der Waals surface area contributed by atoms with Gasteiger partial charge in [0.15, 0.2) is 0 Å². The molecule has 0 radical (unpaired) electrons. The monoisotopic (exact) mass is 369 g/mol. The van der Waals surface area contributed by atoms with Crippen molar-refractivity contribution in [3.63, 3.8) is 0 Å². The third-order valence-electron chi connectivity index (χ3n) is 5.91. The molecule has 2 aliphatic carbocycles. The molecule has 0 aromatic heterocycles. The smallest absolute Gasteiger partial charge is 0.243 e. The van der Waals surface area contributed by atoms with Crippen molar-refractivity contribution in [2.45, 2.75) is 70.0 Å². The summed E-state index contributed by atoms with van der Waals surface area (Å²) in [7, 11) is 0. The molecule has 0 spiro atoms. The van der Waals surface area contributed by atoms with Crippen molar-refractivity contribution in [2.75, 3.05) is 5.32 Å². The molecule has 1 aromatic carbocycles. The summed E-state index contributed by atoms with van der Waals surface area (Å²) >= 11 is 0. The van der Waals surface area contributed by atoms with Crippen molar-refractivity contribution < 1.29 is 14.4 Å². The van der Waals surface area contributed by atoms with Gasteiger partial charge in [0, 0.05) is 17.6 Å². The highest BCUT2D eigenvalue weighted by atomic mass is 16.2. The van der Waals surface area contributed by atoms with E-state index in [9.17, 15) is 14.4 Å². The highest BCUT2D eigenvalue weighted by Crippen LogP contribution is 2.37. The summed E-state index contributed by atoms with van der Waals surface area (Å²) < 4.78 is 0. The molecule has 3 amide bonds. The summed E-state index contributed by atoms with van der Waals surface area (Å²) in [5.41, 5.74) is 1.77. The lowest BCUT2D eigenvalue weighted by molar-refractivity contribution is -0.152. The number of piperazine rings is 1. The molecule has 0 bridgehead atoms. The maximum atomic E-state index is 13.0. The number of aryl methyl sites for hydroxylation is 1. The molecule has 27 heavy (non-hydrogen) atoms. The lowest BCUT2D eigenvalue weighted by Crippen LogP contribution is -2.68. The molecule has 3 fully saturated rings. The van der Waals surface area contributed by atoms with Crippen molar-refractivity contribution in [3.05, 3.63) is 29.8 Å². The third-order valence-corrected chi connectivity index (χ3v) is 5.91. The minimum atomic E-state index is -0.706. The number of carbonyl (C=O) groups is 3. The van der Waals surface area contributed by atoms with Crippen LogP contribution in [-0.4, -0.2) is 40.7 Å². The molecule has 3 atom stereocenters. The first-order chi connectivity index (χ1) is 13.0. The van der Waals surface area contributed by atoms with E-state index in [0.717, 1.165) is 44.1 Å². The molecule has 1 aromatic rings. The molecular weight excluding hydrogens is 342 g/mol. The molecule has 6 nitrogen and oxygen atoms in total. The number of nitrogens with one attached hydrogen (secondary N) is 2. The van der Waals surface area contributed by atoms with Crippen LogP contribution in [0.4, 0.5) is 5.69 Å². The summed E-state index contributed by atoms with van der Waals surface area (Å²) in [6, 6.07) is 6.92. The molecular formula is C21H27N3O3. The molecule has 1 heterocycles. The van der Waals surface area contributed by atoms with E-state index in [1.807, 2.05) is 31.2 Å². The normalized spacial score (nSPS) is 27.5. The van der Waals surface area contributed by atoms with Crippen LogP contribution in [-0.2, 0) is 14.4 Å². The molecule has 144 valence electrons. The lowest BCUT2D eigenvalue weighted by Gasteiger charge is -2.48. The topological polar surface area (TPSA) is 78.5 Å². The van der Waals surface area contributed by atoms with E-state index in [1.54, 1.807) is 4.90 Å². The van der Waals surface area contributed by atoms with Crippen molar-refractivity contribution in [1.82, 2.24) is 10.2 Å². The van der Waals surface area contributed by atoms with Crippen LogP contribution in [0.15, 0.2) is 24.3 Å². The fourth-order valence-corrected chi connectivity index (χ4v) is 4.41. The molecule has 3 aliphatic rings. The predicted molar refractivity (Wildman–Crippen MR) is 102 cm³/mol. The Morgan fingerprint density at radius 3 is 2.70 bits per heavy atom. The first-order valence-electron chi connectivity index (χ1n) is 10.0. The minimum absolute atomic E-state index is 0.00144. The average molecular weight is 369 g/mol. The van der Waals surface area contributed by atoms with Crippen molar-refractivity contribution >= 4 is 23.4 Å². The van der Waals surface area contributed by atoms with Gasteiger partial charge in [-0.2, -0.15) is 0 Å². The van der Waals surface area contributed by atoms with E-state index in [2.05, 4.69) is 10.6 Å². The second kappa shape index (κ2) is 7.33. The zero-order chi connectivity index (χ0) is 19.0. The minimum Gasteiger partial charge on any atom is -0.349 e. The maximum Gasteiger partial charge on any atom is 0.243 e. The van der Waals surface area contributed by atoms with Crippen LogP contribution in [0.1, 0.15) is 50.5 Å². The fraction of sp³-hybridized carbons (Fsp3) is 0.571. The highest BCUT2D eigenvalue weighted by molar-refractivity contribution is 5.98. The lowest BCUT2D eigenvalue weighted by atomic mass is 9.85. The van der Waals surface area contributed by atoms with E-state index >= 15 is 0 Å². The van der Waals surface area contributed by atoms with Gasteiger partial charge in [0.2, 0.25) is 17.7 Å². The van der Waals surface area contributed by atoms with Crippen LogP contribution >= 0.6 is 0 Å². The molecule has 1 saturated heterocycles. The van der Waals surface area contributed by atoms with Gasteiger partial charge >= 0.3 is 0 Å². The summed E-state index contributed by atoms with van der Waals surface area (Å²) in [5, 5.41) is 5.95. The first-order valence-corrected chi connectivity index (χ1v) is 10.0. The second-order valence-electron chi connectivity index (χ2n) is 8.12. The number of carbonyl (C=O) groups excluding carboxylic acids is 3. The van der Waals surface area contributed by atoms with Gasteiger partial charge in [-0.25, -0.2) is 0 Å². The van der Waals surface area contributed by atoms with Crippen LogP contribution in [0.3, 0.4) is 0 Å². The van der Waals surface area contributed by atoms with Gasteiger partial charge in [-0.05, 0) is 50.3 Å². The Bertz CT molecular complexity index is 759.